The van der Waals surface area contributed by atoms with E-state index in [-0.39, 0.29) is 10.9 Å². The molecule has 2 aromatic carbocycles. The van der Waals surface area contributed by atoms with Gasteiger partial charge in [-0.15, -0.1) is 0 Å². The first-order valence-corrected chi connectivity index (χ1v) is 10.8. The second kappa shape index (κ2) is 10.3. The molecule has 29 heavy (non-hydrogen) atoms. The lowest BCUT2D eigenvalue weighted by Gasteiger charge is -2.25. The summed E-state index contributed by atoms with van der Waals surface area (Å²) in [5, 5.41) is 4.59. The molecule has 0 saturated carbocycles. The Hall–Kier alpha value is -1.74. The molecule has 0 amide bonds. The normalized spacial score (nSPS) is 15.5. The molecular weight excluding hydrogens is 477 g/mol. The number of hydrogen-bond donors (Lipinski definition) is 2. The van der Waals surface area contributed by atoms with Crippen molar-refractivity contribution < 1.29 is 4.39 Å². The first kappa shape index (κ1) is 22.0. The van der Waals surface area contributed by atoms with E-state index in [9.17, 15) is 4.39 Å². The van der Waals surface area contributed by atoms with Gasteiger partial charge in [0.15, 0.2) is 5.11 Å². The summed E-state index contributed by atoms with van der Waals surface area (Å²) in [6.45, 7) is 4.02. The summed E-state index contributed by atoms with van der Waals surface area (Å²) in [4.78, 5) is 4.59. The van der Waals surface area contributed by atoms with Crippen LogP contribution >= 0.6 is 39.7 Å². The largest absolute Gasteiger partial charge is 0.375 e. The highest BCUT2D eigenvalue weighted by atomic mass is 79.9. The van der Waals surface area contributed by atoms with Gasteiger partial charge in [-0.3, -0.25) is 10.3 Å². The van der Waals surface area contributed by atoms with Gasteiger partial charge in [-0.1, -0.05) is 23.7 Å². The topological polar surface area (TPSA) is 56.9 Å². The minimum absolute atomic E-state index is 0.128. The molecule has 1 fully saturated rings. The van der Waals surface area contributed by atoms with Crippen molar-refractivity contribution in [3.05, 3.63) is 62.8 Å². The third-order valence-corrected chi connectivity index (χ3v) is 5.81. The van der Waals surface area contributed by atoms with Gasteiger partial charge in [-0.05, 0) is 64.4 Å². The molecule has 2 aromatic rings. The van der Waals surface area contributed by atoms with E-state index in [1.807, 2.05) is 12.1 Å². The van der Waals surface area contributed by atoms with E-state index < -0.39 is 0 Å². The molecule has 0 bridgehead atoms. The second-order valence-electron chi connectivity index (χ2n) is 6.76. The van der Waals surface area contributed by atoms with Crippen LogP contribution in [-0.4, -0.2) is 42.4 Å². The van der Waals surface area contributed by atoms with E-state index in [1.165, 1.54) is 6.07 Å². The third-order valence-electron chi connectivity index (χ3n) is 4.73. The molecule has 0 spiro atoms. The maximum Gasteiger partial charge on any atom is 0.184 e. The zero-order chi connectivity index (χ0) is 20.8. The molecule has 0 aromatic heterocycles. The lowest BCUT2D eigenvalue weighted by Crippen LogP contribution is -2.31. The van der Waals surface area contributed by atoms with E-state index in [0.717, 1.165) is 48.3 Å². The summed E-state index contributed by atoms with van der Waals surface area (Å²) in [5.74, 6) is -0.247. The number of nitrogens with two attached hydrogens (primary N) is 1. The standard InChI is InChI=1S/C20H22BrClFN5S/c21-16-11-14(12-25-26-20(24)29)5-6-19(16)28-8-2-7-27(9-10-28)13-15-17(22)3-1-4-18(15)23/h1,3-6,11-12H,2,7-10,13H2,(H3,24,26,29). The highest BCUT2D eigenvalue weighted by Gasteiger charge is 2.19. The van der Waals surface area contributed by atoms with Gasteiger partial charge in [-0.2, -0.15) is 5.10 Å². The third kappa shape index (κ3) is 6.12. The molecule has 3 N–H and O–H groups in total. The van der Waals surface area contributed by atoms with Crippen LogP contribution in [0.4, 0.5) is 10.1 Å². The molecule has 3 rings (SSSR count). The quantitative estimate of drug-likeness (QED) is 0.369. The molecule has 0 radical (unpaired) electrons. The predicted molar refractivity (Wildman–Crippen MR) is 125 cm³/mol. The molecular formula is C20H22BrClFN5S. The first-order valence-electron chi connectivity index (χ1n) is 9.22. The van der Waals surface area contributed by atoms with E-state index in [1.54, 1.807) is 18.3 Å². The van der Waals surface area contributed by atoms with E-state index in [4.69, 9.17) is 29.6 Å². The van der Waals surface area contributed by atoms with Crippen LogP contribution < -0.4 is 16.1 Å². The minimum atomic E-state index is -0.247. The molecule has 154 valence electrons. The number of benzene rings is 2. The maximum atomic E-state index is 14.1. The van der Waals surface area contributed by atoms with Crippen molar-refractivity contribution in [1.29, 1.82) is 0 Å². The number of nitrogens with one attached hydrogen (secondary N) is 1. The van der Waals surface area contributed by atoms with Crippen LogP contribution in [0.2, 0.25) is 5.02 Å². The number of anilines is 1. The molecule has 9 heteroatoms. The van der Waals surface area contributed by atoms with Crippen molar-refractivity contribution in [3.63, 3.8) is 0 Å². The fourth-order valence-electron chi connectivity index (χ4n) is 3.31. The summed E-state index contributed by atoms with van der Waals surface area (Å²) >= 11 is 14.6. The van der Waals surface area contributed by atoms with Crippen LogP contribution in [0.15, 0.2) is 46.0 Å². The minimum Gasteiger partial charge on any atom is -0.375 e. The van der Waals surface area contributed by atoms with Crippen LogP contribution in [0.25, 0.3) is 0 Å². The summed E-state index contributed by atoms with van der Waals surface area (Å²) in [7, 11) is 0. The van der Waals surface area contributed by atoms with Gasteiger partial charge < -0.3 is 10.6 Å². The number of rotatable bonds is 5. The molecule has 1 saturated heterocycles. The molecule has 1 heterocycles. The number of hydrazone groups is 1. The molecule has 0 aliphatic carbocycles. The van der Waals surface area contributed by atoms with Crippen molar-refractivity contribution in [2.45, 2.75) is 13.0 Å². The van der Waals surface area contributed by atoms with Gasteiger partial charge in [0.2, 0.25) is 0 Å². The Morgan fingerprint density at radius 2 is 2.10 bits per heavy atom. The van der Waals surface area contributed by atoms with Crippen LogP contribution in [0.5, 0.6) is 0 Å². The molecule has 1 aliphatic heterocycles. The maximum absolute atomic E-state index is 14.1. The van der Waals surface area contributed by atoms with Crippen molar-refractivity contribution in [1.82, 2.24) is 10.3 Å². The van der Waals surface area contributed by atoms with Gasteiger partial charge in [0, 0.05) is 47.8 Å². The number of thiocarbonyl (C=S) groups is 1. The highest BCUT2D eigenvalue weighted by Crippen LogP contribution is 2.28. The van der Waals surface area contributed by atoms with Gasteiger partial charge in [-0.25, -0.2) is 4.39 Å². The Labute approximate surface area is 188 Å². The van der Waals surface area contributed by atoms with Gasteiger partial charge >= 0.3 is 0 Å². The second-order valence-corrected chi connectivity index (χ2v) is 8.46. The van der Waals surface area contributed by atoms with E-state index >= 15 is 0 Å². The Morgan fingerprint density at radius 3 is 2.83 bits per heavy atom. The average molecular weight is 499 g/mol. The van der Waals surface area contributed by atoms with Crippen LogP contribution in [-0.2, 0) is 6.54 Å². The number of halogens is 3. The summed E-state index contributed by atoms with van der Waals surface area (Å²) in [5.41, 5.74) is 10.5. The lowest BCUT2D eigenvalue weighted by molar-refractivity contribution is 0.281. The van der Waals surface area contributed by atoms with Gasteiger partial charge in [0.1, 0.15) is 5.82 Å². The lowest BCUT2D eigenvalue weighted by atomic mass is 10.2. The van der Waals surface area contributed by atoms with Crippen molar-refractivity contribution >= 4 is 56.8 Å². The fraction of sp³-hybridized carbons (Fsp3) is 0.300. The molecule has 0 atom stereocenters. The van der Waals surface area contributed by atoms with Crippen LogP contribution in [0, 0.1) is 5.82 Å². The smallest absolute Gasteiger partial charge is 0.184 e. The van der Waals surface area contributed by atoms with Crippen molar-refractivity contribution in [3.8, 4) is 0 Å². The van der Waals surface area contributed by atoms with Gasteiger partial charge in [0.05, 0.1) is 11.9 Å². The predicted octanol–water partition coefficient (Wildman–Crippen LogP) is 4.12. The van der Waals surface area contributed by atoms with Crippen molar-refractivity contribution in [2.24, 2.45) is 10.8 Å². The monoisotopic (exact) mass is 497 g/mol. The molecule has 5 nitrogen and oxygen atoms in total. The van der Waals surface area contributed by atoms with Crippen LogP contribution in [0.3, 0.4) is 0 Å². The first-order chi connectivity index (χ1) is 13.9. The van der Waals surface area contributed by atoms with E-state index in [0.29, 0.717) is 17.1 Å². The Kier molecular flexibility index (Phi) is 7.83. The number of hydrogen-bond acceptors (Lipinski definition) is 4. The Morgan fingerprint density at radius 1 is 1.28 bits per heavy atom. The zero-order valence-electron chi connectivity index (χ0n) is 15.7. The summed E-state index contributed by atoms with van der Waals surface area (Å²) in [6, 6.07) is 10.9. The highest BCUT2D eigenvalue weighted by molar-refractivity contribution is 9.10. The average Bonchev–Trinajstić information content (AvgIpc) is 2.90. The Balaban J connectivity index is 1.64. The molecule has 1 aliphatic rings. The molecule has 0 unspecified atom stereocenters. The fourth-order valence-corrected chi connectivity index (χ4v) is 4.23. The summed E-state index contributed by atoms with van der Waals surface area (Å²) < 4.78 is 15.1. The Bertz CT molecular complexity index is 890. The van der Waals surface area contributed by atoms with Crippen LogP contribution in [0.1, 0.15) is 17.5 Å². The van der Waals surface area contributed by atoms with Gasteiger partial charge in [0.25, 0.3) is 0 Å². The SMILES string of the molecule is NC(=S)NN=Cc1ccc(N2CCCN(Cc3c(F)cccc3Cl)CC2)c(Br)c1. The zero-order valence-corrected chi connectivity index (χ0v) is 18.9. The number of nitrogens with zero attached hydrogens (tertiary/aromatic N) is 3. The summed E-state index contributed by atoms with van der Waals surface area (Å²) in [6.07, 6.45) is 2.65. The van der Waals surface area contributed by atoms with Crippen molar-refractivity contribution in [2.75, 3.05) is 31.1 Å². The van der Waals surface area contributed by atoms with E-state index in [2.05, 4.69) is 42.3 Å².